The van der Waals surface area contributed by atoms with Crippen molar-refractivity contribution in [3.63, 3.8) is 0 Å². The summed E-state index contributed by atoms with van der Waals surface area (Å²) in [5.41, 5.74) is 0. The van der Waals surface area contributed by atoms with Crippen molar-refractivity contribution in [1.82, 2.24) is 10.2 Å². The number of benzene rings is 1. The van der Waals surface area contributed by atoms with Crippen LogP contribution in [0.15, 0.2) is 30.3 Å². The Balaban J connectivity index is 1.49. The molecule has 0 aliphatic carbocycles. The van der Waals surface area contributed by atoms with Gasteiger partial charge in [-0.3, -0.25) is 4.79 Å². The van der Waals surface area contributed by atoms with Gasteiger partial charge < -0.3 is 19.7 Å². The molecule has 1 aromatic carbocycles. The highest BCUT2D eigenvalue weighted by molar-refractivity contribution is 5.77. The Kier molecular flexibility index (Phi) is 7.36. The summed E-state index contributed by atoms with van der Waals surface area (Å²) in [6.07, 6.45) is 1.16. The molecule has 1 aliphatic rings. The summed E-state index contributed by atoms with van der Waals surface area (Å²) in [4.78, 5) is 14.2. The van der Waals surface area contributed by atoms with Crippen molar-refractivity contribution in [3.8, 4) is 5.75 Å². The quantitative estimate of drug-likeness (QED) is 0.707. The van der Waals surface area contributed by atoms with E-state index in [0.29, 0.717) is 25.2 Å². The molecule has 0 unspecified atom stereocenters. The molecule has 1 saturated heterocycles. The Labute approximate surface area is 139 Å². The molecule has 5 heteroatoms. The predicted molar refractivity (Wildman–Crippen MR) is 90.6 cm³/mol. The second-order valence-electron chi connectivity index (χ2n) is 6.26. The number of carbonyl (C=O) groups is 1. The maximum absolute atomic E-state index is 11.8. The van der Waals surface area contributed by atoms with Gasteiger partial charge in [-0.2, -0.15) is 0 Å². The highest BCUT2D eigenvalue weighted by atomic mass is 16.5. The molecule has 0 aromatic heterocycles. The van der Waals surface area contributed by atoms with Gasteiger partial charge in [0.2, 0.25) is 5.91 Å². The highest BCUT2D eigenvalue weighted by Crippen LogP contribution is 2.17. The number of carbonyl (C=O) groups excluding carboxylic acids is 1. The fourth-order valence-electron chi connectivity index (χ4n) is 2.71. The number of rotatable bonds is 9. The van der Waals surface area contributed by atoms with E-state index >= 15 is 0 Å². The lowest BCUT2D eigenvalue weighted by atomic mass is 10.1. The van der Waals surface area contributed by atoms with E-state index in [9.17, 15) is 4.79 Å². The Morgan fingerprint density at radius 2 is 2.09 bits per heavy atom. The Hall–Kier alpha value is -1.59. The minimum absolute atomic E-state index is 0.0484. The van der Waals surface area contributed by atoms with Crippen LogP contribution in [0.1, 0.15) is 20.3 Å². The second kappa shape index (κ2) is 9.53. The van der Waals surface area contributed by atoms with E-state index in [0.717, 1.165) is 31.8 Å². The van der Waals surface area contributed by atoms with Crippen LogP contribution in [0.5, 0.6) is 5.75 Å². The number of amides is 1. The molecular weight excluding hydrogens is 292 g/mol. The predicted octanol–water partition coefficient (Wildman–Crippen LogP) is 1.93. The molecule has 1 fully saturated rings. The van der Waals surface area contributed by atoms with E-state index in [1.165, 1.54) is 0 Å². The largest absolute Gasteiger partial charge is 0.491 e. The molecule has 1 aromatic rings. The van der Waals surface area contributed by atoms with Gasteiger partial charge >= 0.3 is 0 Å². The molecule has 2 rings (SSSR count). The van der Waals surface area contributed by atoms with Gasteiger partial charge in [-0.25, -0.2) is 0 Å². The van der Waals surface area contributed by atoms with Gasteiger partial charge in [0.25, 0.3) is 0 Å². The summed E-state index contributed by atoms with van der Waals surface area (Å²) in [6, 6.07) is 10.2. The molecule has 1 heterocycles. The van der Waals surface area contributed by atoms with Crippen LogP contribution in [-0.2, 0) is 9.53 Å². The molecule has 1 aliphatic heterocycles. The smallest absolute Gasteiger partial charge is 0.246 e. The van der Waals surface area contributed by atoms with Crippen LogP contribution in [0.3, 0.4) is 0 Å². The van der Waals surface area contributed by atoms with Crippen molar-refractivity contribution >= 4 is 5.91 Å². The van der Waals surface area contributed by atoms with Crippen molar-refractivity contribution in [1.29, 1.82) is 0 Å². The summed E-state index contributed by atoms with van der Waals surface area (Å²) in [7, 11) is 0. The molecule has 1 atom stereocenters. The summed E-state index contributed by atoms with van der Waals surface area (Å²) in [5.74, 6) is 1.33. The number of hydrogen-bond donors (Lipinski definition) is 1. The summed E-state index contributed by atoms with van der Waals surface area (Å²) >= 11 is 0. The van der Waals surface area contributed by atoms with Crippen LogP contribution in [-0.4, -0.2) is 56.3 Å². The summed E-state index contributed by atoms with van der Waals surface area (Å²) < 4.78 is 10.8. The first kappa shape index (κ1) is 17.8. The lowest BCUT2D eigenvalue weighted by molar-refractivity contribution is -0.126. The zero-order valence-electron chi connectivity index (χ0n) is 14.2. The normalized spacial score (nSPS) is 18.3. The Morgan fingerprint density at radius 3 is 2.78 bits per heavy atom. The van der Waals surface area contributed by atoms with Crippen LogP contribution in [0.4, 0.5) is 0 Å². The van der Waals surface area contributed by atoms with Crippen molar-refractivity contribution in [3.05, 3.63) is 30.3 Å². The van der Waals surface area contributed by atoms with Crippen molar-refractivity contribution < 1.29 is 14.3 Å². The first-order valence-electron chi connectivity index (χ1n) is 8.41. The van der Waals surface area contributed by atoms with E-state index in [2.05, 4.69) is 24.1 Å². The van der Waals surface area contributed by atoms with E-state index < -0.39 is 0 Å². The maximum atomic E-state index is 11.8. The molecule has 0 saturated carbocycles. The number of likely N-dealkylation sites (tertiary alicyclic amines) is 1. The molecular formula is C18H28N2O3. The monoisotopic (exact) mass is 320 g/mol. The Morgan fingerprint density at radius 1 is 1.30 bits per heavy atom. The fourth-order valence-corrected chi connectivity index (χ4v) is 2.71. The van der Waals surface area contributed by atoms with E-state index in [-0.39, 0.29) is 12.5 Å². The van der Waals surface area contributed by atoms with Crippen molar-refractivity contribution in [2.75, 3.05) is 39.5 Å². The minimum atomic E-state index is -0.0484. The van der Waals surface area contributed by atoms with Gasteiger partial charge in [-0.15, -0.1) is 0 Å². The van der Waals surface area contributed by atoms with E-state index in [1.807, 2.05) is 30.3 Å². The van der Waals surface area contributed by atoms with Gasteiger partial charge in [0, 0.05) is 19.1 Å². The summed E-state index contributed by atoms with van der Waals surface area (Å²) in [5, 5.41) is 2.96. The number of para-hydroxylation sites is 1. The molecule has 128 valence electrons. The molecule has 1 amide bonds. The van der Waals surface area contributed by atoms with Gasteiger partial charge in [0.05, 0.1) is 6.61 Å². The average Bonchev–Trinajstić information content (AvgIpc) is 3.03. The van der Waals surface area contributed by atoms with E-state index in [4.69, 9.17) is 9.47 Å². The molecule has 0 radical (unpaired) electrons. The Bertz CT molecular complexity index is 465. The molecule has 1 N–H and O–H groups in total. The first-order valence-corrected chi connectivity index (χ1v) is 8.41. The molecule has 5 nitrogen and oxygen atoms in total. The van der Waals surface area contributed by atoms with E-state index in [1.54, 1.807) is 0 Å². The van der Waals surface area contributed by atoms with Gasteiger partial charge in [-0.05, 0) is 44.9 Å². The van der Waals surface area contributed by atoms with Crippen LogP contribution in [0.2, 0.25) is 0 Å². The molecule has 0 bridgehead atoms. The van der Waals surface area contributed by atoms with Crippen LogP contribution in [0.25, 0.3) is 0 Å². The lowest BCUT2D eigenvalue weighted by Crippen LogP contribution is -2.34. The topological polar surface area (TPSA) is 50.8 Å². The van der Waals surface area contributed by atoms with Crippen molar-refractivity contribution in [2.24, 2.45) is 5.92 Å². The number of nitrogens with zero attached hydrogens (tertiary/aromatic N) is 1. The SMILES string of the molecule is CC(C)N1CC[C@@H](CNC(=O)COCCOc2ccccc2)C1. The summed E-state index contributed by atoms with van der Waals surface area (Å²) in [6.45, 7) is 8.33. The maximum Gasteiger partial charge on any atom is 0.246 e. The zero-order valence-corrected chi connectivity index (χ0v) is 14.2. The number of nitrogens with one attached hydrogen (secondary N) is 1. The first-order chi connectivity index (χ1) is 11.1. The van der Waals surface area contributed by atoms with Crippen LogP contribution < -0.4 is 10.1 Å². The minimum Gasteiger partial charge on any atom is -0.491 e. The van der Waals surface area contributed by atoms with Gasteiger partial charge in [-0.1, -0.05) is 18.2 Å². The van der Waals surface area contributed by atoms with Gasteiger partial charge in [0.1, 0.15) is 19.0 Å². The number of hydrogen-bond acceptors (Lipinski definition) is 4. The third-order valence-electron chi connectivity index (χ3n) is 4.11. The van der Waals surface area contributed by atoms with Gasteiger partial charge in [0.15, 0.2) is 0 Å². The zero-order chi connectivity index (χ0) is 16.5. The van der Waals surface area contributed by atoms with Crippen molar-refractivity contribution in [2.45, 2.75) is 26.3 Å². The molecule has 23 heavy (non-hydrogen) atoms. The fraction of sp³-hybridized carbons (Fsp3) is 0.611. The third-order valence-corrected chi connectivity index (χ3v) is 4.11. The second-order valence-corrected chi connectivity index (χ2v) is 6.26. The standard InChI is InChI=1S/C18H28N2O3/c1-15(2)20-9-8-16(13-20)12-19-18(21)14-22-10-11-23-17-6-4-3-5-7-17/h3-7,15-16H,8-14H2,1-2H3,(H,19,21)/t16-/m0/s1. The van der Waals surface area contributed by atoms with Crippen LogP contribution in [0, 0.1) is 5.92 Å². The van der Waals surface area contributed by atoms with Crippen LogP contribution >= 0.6 is 0 Å². The number of ether oxygens (including phenoxy) is 2. The molecule has 0 spiro atoms. The average molecular weight is 320 g/mol. The highest BCUT2D eigenvalue weighted by Gasteiger charge is 2.24. The lowest BCUT2D eigenvalue weighted by Gasteiger charge is -2.20. The third kappa shape index (κ3) is 6.59.